The van der Waals surface area contributed by atoms with Crippen molar-refractivity contribution in [3.8, 4) is 11.5 Å². The molecule has 0 aromatic heterocycles. The fraction of sp³-hybridized carbons (Fsp3) is 0.381. The normalized spacial score (nSPS) is 15.8. The van der Waals surface area contributed by atoms with Gasteiger partial charge in [-0.1, -0.05) is 23.8 Å². The van der Waals surface area contributed by atoms with E-state index in [0.29, 0.717) is 38.2 Å². The van der Waals surface area contributed by atoms with Crippen LogP contribution in [-0.4, -0.2) is 43.9 Å². The summed E-state index contributed by atoms with van der Waals surface area (Å²) in [6.45, 7) is 2.87. The van der Waals surface area contributed by atoms with Crippen LogP contribution in [0.4, 0.5) is 0 Å². The van der Waals surface area contributed by atoms with Gasteiger partial charge in [0.05, 0.1) is 12.0 Å². The maximum atomic E-state index is 12.8. The number of nitrogens with zero attached hydrogens (tertiary/aromatic N) is 1. The van der Waals surface area contributed by atoms with Crippen LogP contribution >= 0.6 is 0 Å². The highest BCUT2D eigenvalue weighted by Crippen LogP contribution is 2.27. The summed E-state index contributed by atoms with van der Waals surface area (Å²) in [4.78, 5) is 12.8. The lowest BCUT2D eigenvalue weighted by molar-refractivity contribution is -0.126. The maximum absolute atomic E-state index is 12.8. The Balaban J connectivity index is 1.55. The standard InChI is InChI=1S/C21H26N2O5S/c1-15-3-6-18(7-4-15)29(26,27)23-11-9-17(10-12-23)21(25)22-14-16-5-8-19(24)20(13-16)28-2/h3-8,13,17,24H,9-12,14H2,1-2H3,(H,22,25). The van der Waals surface area contributed by atoms with Crippen LogP contribution in [0.15, 0.2) is 47.4 Å². The van der Waals surface area contributed by atoms with Crippen LogP contribution < -0.4 is 10.1 Å². The van der Waals surface area contributed by atoms with Crippen LogP contribution in [0.25, 0.3) is 0 Å². The molecule has 0 unspecified atom stereocenters. The Kier molecular flexibility index (Phi) is 6.44. The van der Waals surface area contributed by atoms with Crippen molar-refractivity contribution in [3.63, 3.8) is 0 Å². The molecule has 2 aromatic carbocycles. The van der Waals surface area contributed by atoms with Crippen LogP contribution in [0.3, 0.4) is 0 Å². The van der Waals surface area contributed by atoms with E-state index in [1.807, 2.05) is 6.92 Å². The van der Waals surface area contributed by atoms with Crippen molar-refractivity contribution in [2.45, 2.75) is 31.2 Å². The van der Waals surface area contributed by atoms with Crippen LogP contribution in [0.1, 0.15) is 24.0 Å². The Morgan fingerprint density at radius 2 is 1.83 bits per heavy atom. The molecule has 0 atom stereocenters. The minimum atomic E-state index is -3.53. The number of hydrogen-bond donors (Lipinski definition) is 2. The Hall–Kier alpha value is -2.58. The van der Waals surface area contributed by atoms with Crippen LogP contribution in [-0.2, 0) is 21.4 Å². The van der Waals surface area contributed by atoms with Gasteiger partial charge in [0.1, 0.15) is 0 Å². The molecule has 1 heterocycles. The lowest BCUT2D eigenvalue weighted by Crippen LogP contribution is -2.42. The highest BCUT2D eigenvalue weighted by Gasteiger charge is 2.31. The lowest BCUT2D eigenvalue weighted by atomic mass is 9.97. The van der Waals surface area contributed by atoms with Crippen molar-refractivity contribution < 1.29 is 23.1 Å². The molecule has 2 N–H and O–H groups in total. The maximum Gasteiger partial charge on any atom is 0.243 e. The number of amides is 1. The molecule has 1 fully saturated rings. The number of methoxy groups -OCH3 is 1. The molecule has 2 aromatic rings. The van der Waals surface area contributed by atoms with Gasteiger partial charge in [0.25, 0.3) is 0 Å². The zero-order valence-corrected chi connectivity index (χ0v) is 17.4. The first-order valence-electron chi connectivity index (χ1n) is 9.51. The van der Waals surface area contributed by atoms with E-state index in [4.69, 9.17) is 4.74 Å². The number of carbonyl (C=O) groups is 1. The predicted octanol–water partition coefficient (Wildman–Crippen LogP) is 2.43. The number of aromatic hydroxyl groups is 1. The number of hydrogen-bond acceptors (Lipinski definition) is 5. The van der Waals surface area contributed by atoms with E-state index in [1.54, 1.807) is 36.4 Å². The van der Waals surface area contributed by atoms with Gasteiger partial charge in [-0.25, -0.2) is 8.42 Å². The Bertz CT molecular complexity index is 965. The minimum Gasteiger partial charge on any atom is -0.504 e. The Morgan fingerprint density at radius 1 is 1.17 bits per heavy atom. The van der Waals surface area contributed by atoms with Gasteiger partial charge >= 0.3 is 0 Å². The molecule has 7 nitrogen and oxygen atoms in total. The largest absolute Gasteiger partial charge is 0.504 e. The summed E-state index contributed by atoms with van der Waals surface area (Å²) in [5, 5.41) is 12.5. The molecule has 0 bridgehead atoms. The number of aryl methyl sites for hydroxylation is 1. The zero-order valence-electron chi connectivity index (χ0n) is 16.6. The Labute approximate surface area is 171 Å². The molecule has 1 aliphatic rings. The fourth-order valence-electron chi connectivity index (χ4n) is 3.38. The van der Waals surface area contributed by atoms with E-state index >= 15 is 0 Å². The second-order valence-electron chi connectivity index (χ2n) is 7.22. The van der Waals surface area contributed by atoms with Gasteiger partial charge in [0.15, 0.2) is 11.5 Å². The minimum absolute atomic E-state index is 0.0461. The molecule has 0 aliphatic carbocycles. The molecule has 8 heteroatoms. The van der Waals surface area contributed by atoms with E-state index in [1.165, 1.54) is 17.5 Å². The molecule has 0 radical (unpaired) electrons. The average Bonchev–Trinajstić information content (AvgIpc) is 2.73. The van der Waals surface area contributed by atoms with E-state index in [0.717, 1.165) is 11.1 Å². The molecule has 1 aliphatic heterocycles. The van der Waals surface area contributed by atoms with Gasteiger partial charge in [-0.05, 0) is 49.6 Å². The van der Waals surface area contributed by atoms with Gasteiger partial charge in [-0.3, -0.25) is 4.79 Å². The van der Waals surface area contributed by atoms with E-state index in [2.05, 4.69) is 5.32 Å². The van der Waals surface area contributed by atoms with Crippen LogP contribution in [0, 0.1) is 12.8 Å². The van der Waals surface area contributed by atoms with Crippen LogP contribution in [0.5, 0.6) is 11.5 Å². The number of nitrogens with one attached hydrogen (secondary N) is 1. The molecule has 0 spiro atoms. The molecule has 29 heavy (non-hydrogen) atoms. The number of carbonyl (C=O) groups excluding carboxylic acids is 1. The molecule has 1 amide bonds. The third-order valence-corrected chi connectivity index (χ3v) is 7.11. The van der Waals surface area contributed by atoms with E-state index < -0.39 is 10.0 Å². The highest BCUT2D eigenvalue weighted by molar-refractivity contribution is 7.89. The van der Waals surface area contributed by atoms with Gasteiger partial charge in [-0.2, -0.15) is 4.31 Å². The third-order valence-electron chi connectivity index (χ3n) is 5.19. The van der Waals surface area contributed by atoms with Crippen molar-refractivity contribution in [2.24, 2.45) is 5.92 Å². The summed E-state index contributed by atoms with van der Waals surface area (Å²) >= 11 is 0. The molecule has 156 valence electrons. The quantitative estimate of drug-likeness (QED) is 0.751. The number of phenols is 1. The summed E-state index contributed by atoms with van der Waals surface area (Å²) in [7, 11) is -2.06. The van der Waals surface area contributed by atoms with Gasteiger partial charge < -0.3 is 15.2 Å². The highest BCUT2D eigenvalue weighted by atomic mass is 32.2. The second-order valence-corrected chi connectivity index (χ2v) is 9.15. The average molecular weight is 419 g/mol. The van der Waals surface area contributed by atoms with Gasteiger partial charge in [0.2, 0.25) is 15.9 Å². The third kappa shape index (κ3) is 4.89. The summed E-state index contributed by atoms with van der Waals surface area (Å²) in [5.41, 5.74) is 1.82. The number of rotatable bonds is 6. The summed E-state index contributed by atoms with van der Waals surface area (Å²) in [6.07, 6.45) is 0.964. The number of piperidine rings is 1. The number of sulfonamides is 1. The fourth-order valence-corrected chi connectivity index (χ4v) is 4.85. The lowest BCUT2D eigenvalue weighted by Gasteiger charge is -2.30. The number of benzene rings is 2. The topological polar surface area (TPSA) is 95.9 Å². The first kappa shape index (κ1) is 21.1. The summed E-state index contributed by atoms with van der Waals surface area (Å²) < 4.78 is 32.1. The first-order valence-corrected chi connectivity index (χ1v) is 11.0. The molecular formula is C21H26N2O5S. The van der Waals surface area contributed by atoms with Crippen molar-refractivity contribution >= 4 is 15.9 Å². The van der Waals surface area contributed by atoms with Crippen LogP contribution in [0.2, 0.25) is 0 Å². The second kappa shape index (κ2) is 8.84. The monoisotopic (exact) mass is 418 g/mol. The number of ether oxygens (including phenoxy) is 1. The SMILES string of the molecule is COc1cc(CNC(=O)C2CCN(S(=O)(=O)c3ccc(C)cc3)CC2)ccc1O. The smallest absolute Gasteiger partial charge is 0.243 e. The van der Waals surface area contributed by atoms with Crippen molar-refractivity contribution in [1.29, 1.82) is 0 Å². The van der Waals surface area contributed by atoms with E-state index in [-0.39, 0.29) is 22.5 Å². The molecule has 3 rings (SSSR count). The first-order chi connectivity index (χ1) is 13.8. The zero-order chi connectivity index (χ0) is 21.0. The molecular weight excluding hydrogens is 392 g/mol. The summed E-state index contributed by atoms with van der Waals surface area (Å²) in [5.74, 6) is 0.0824. The predicted molar refractivity (Wildman–Crippen MR) is 109 cm³/mol. The van der Waals surface area contributed by atoms with Gasteiger partial charge in [-0.15, -0.1) is 0 Å². The van der Waals surface area contributed by atoms with Crippen molar-refractivity contribution in [3.05, 3.63) is 53.6 Å². The molecule has 0 saturated carbocycles. The van der Waals surface area contributed by atoms with E-state index in [9.17, 15) is 18.3 Å². The Morgan fingerprint density at radius 3 is 2.45 bits per heavy atom. The van der Waals surface area contributed by atoms with Gasteiger partial charge in [0, 0.05) is 25.6 Å². The summed E-state index contributed by atoms with van der Waals surface area (Å²) in [6, 6.07) is 11.7. The van der Waals surface area contributed by atoms with Crippen molar-refractivity contribution in [1.82, 2.24) is 9.62 Å². The van der Waals surface area contributed by atoms with Crippen molar-refractivity contribution in [2.75, 3.05) is 20.2 Å². The number of phenolic OH excluding ortho intramolecular Hbond substituents is 1. The molecule has 1 saturated heterocycles.